The van der Waals surface area contributed by atoms with E-state index < -0.39 is 0 Å². The molecule has 0 radical (unpaired) electrons. The van der Waals surface area contributed by atoms with Crippen LogP contribution in [0.15, 0.2) is 48.7 Å². The second kappa shape index (κ2) is 6.74. The molecule has 1 N–H and O–H groups in total. The molecule has 2 nitrogen and oxygen atoms in total. The molecule has 0 unspecified atom stereocenters. The van der Waals surface area contributed by atoms with Crippen LogP contribution >= 0.6 is 23.2 Å². The third-order valence-corrected chi connectivity index (χ3v) is 3.39. The van der Waals surface area contributed by atoms with E-state index in [1.807, 2.05) is 0 Å². The van der Waals surface area contributed by atoms with Crippen LogP contribution in [-0.2, 0) is 0 Å². The lowest BCUT2D eigenvalue weighted by atomic mass is 10.1. The van der Waals surface area contributed by atoms with Crippen LogP contribution in [0.2, 0.25) is 10.0 Å². The summed E-state index contributed by atoms with van der Waals surface area (Å²) >= 11 is 11.7. The van der Waals surface area contributed by atoms with Gasteiger partial charge in [-0.2, -0.15) is 0 Å². The predicted octanol–water partition coefficient (Wildman–Crippen LogP) is 5.25. The van der Waals surface area contributed by atoms with Crippen molar-refractivity contribution in [1.29, 1.82) is 0 Å². The van der Waals surface area contributed by atoms with E-state index in [9.17, 15) is 9.18 Å². The van der Waals surface area contributed by atoms with E-state index in [0.717, 1.165) is 0 Å². The molecular weight excluding hydrogens is 312 g/mol. The SMILES string of the molecule is Cc1cc(N/C=C/C(=O)c2ccc(Cl)cc2Cl)ccc1F. The van der Waals surface area contributed by atoms with Gasteiger partial charge in [-0.25, -0.2) is 4.39 Å². The Balaban J connectivity index is 2.06. The van der Waals surface area contributed by atoms with E-state index in [2.05, 4.69) is 5.32 Å². The summed E-state index contributed by atoms with van der Waals surface area (Å²) in [5.41, 5.74) is 1.59. The maximum Gasteiger partial charge on any atom is 0.188 e. The Morgan fingerprint density at radius 3 is 2.62 bits per heavy atom. The fraction of sp³-hybridized carbons (Fsp3) is 0.0625. The molecule has 2 rings (SSSR count). The molecule has 0 aliphatic carbocycles. The van der Waals surface area contributed by atoms with Crippen molar-refractivity contribution in [3.05, 3.63) is 75.7 Å². The molecule has 0 saturated heterocycles. The molecule has 0 amide bonds. The van der Waals surface area contributed by atoms with Gasteiger partial charge in [0, 0.05) is 28.5 Å². The predicted molar refractivity (Wildman–Crippen MR) is 84.7 cm³/mol. The van der Waals surface area contributed by atoms with Crippen LogP contribution in [0.5, 0.6) is 0 Å². The number of allylic oxidation sites excluding steroid dienone is 1. The van der Waals surface area contributed by atoms with Gasteiger partial charge in [-0.3, -0.25) is 4.79 Å². The molecule has 0 saturated carbocycles. The van der Waals surface area contributed by atoms with Crippen molar-refractivity contribution in [2.24, 2.45) is 0 Å². The molecule has 108 valence electrons. The van der Waals surface area contributed by atoms with E-state index in [1.54, 1.807) is 31.2 Å². The van der Waals surface area contributed by atoms with Gasteiger partial charge < -0.3 is 5.32 Å². The molecule has 0 bridgehead atoms. The monoisotopic (exact) mass is 323 g/mol. The summed E-state index contributed by atoms with van der Waals surface area (Å²) in [7, 11) is 0. The summed E-state index contributed by atoms with van der Waals surface area (Å²) in [4.78, 5) is 12.0. The fourth-order valence-electron chi connectivity index (χ4n) is 1.73. The number of carbonyl (C=O) groups excluding carboxylic acids is 1. The summed E-state index contributed by atoms with van der Waals surface area (Å²) in [6.45, 7) is 1.67. The number of anilines is 1. The van der Waals surface area contributed by atoms with Crippen LogP contribution in [-0.4, -0.2) is 5.78 Å². The Hall–Kier alpha value is -1.84. The van der Waals surface area contributed by atoms with Gasteiger partial charge in [0.15, 0.2) is 5.78 Å². The normalized spacial score (nSPS) is 10.9. The number of halogens is 3. The molecule has 0 fully saturated rings. The third kappa shape index (κ3) is 4.06. The Morgan fingerprint density at radius 1 is 1.19 bits per heavy atom. The highest BCUT2D eigenvalue weighted by molar-refractivity contribution is 6.37. The van der Waals surface area contributed by atoms with Gasteiger partial charge in [-0.05, 0) is 48.9 Å². The van der Waals surface area contributed by atoms with Crippen molar-refractivity contribution in [3.63, 3.8) is 0 Å². The number of aryl methyl sites for hydroxylation is 1. The summed E-state index contributed by atoms with van der Waals surface area (Å²) in [5.74, 6) is -0.517. The van der Waals surface area contributed by atoms with E-state index >= 15 is 0 Å². The fourth-order valence-corrected chi connectivity index (χ4v) is 2.23. The van der Waals surface area contributed by atoms with E-state index in [-0.39, 0.29) is 11.6 Å². The Kier molecular flexibility index (Phi) is 4.99. The minimum Gasteiger partial charge on any atom is -0.362 e. The van der Waals surface area contributed by atoms with E-state index in [0.29, 0.717) is 26.9 Å². The number of benzene rings is 2. The first kappa shape index (κ1) is 15.5. The van der Waals surface area contributed by atoms with Crippen LogP contribution in [0.4, 0.5) is 10.1 Å². The first-order valence-corrected chi connectivity index (χ1v) is 6.91. The molecular formula is C16H12Cl2FNO. The second-order valence-corrected chi connectivity index (χ2v) is 5.27. The first-order chi connectivity index (χ1) is 9.97. The van der Waals surface area contributed by atoms with E-state index in [4.69, 9.17) is 23.2 Å². The van der Waals surface area contributed by atoms with Gasteiger partial charge >= 0.3 is 0 Å². The molecule has 5 heteroatoms. The lowest BCUT2D eigenvalue weighted by Gasteiger charge is -2.03. The van der Waals surface area contributed by atoms with Gasteiger partial charge in [0.1, 0.15) is 5.82 Å². The Bertz CT molecular complexity index is 713. The van der Waals surface area contributed by atoms with Crippen LogP contribution in [0.25, 0.3) is 0 Å². The van der Waals surface area contributed by atoms with Gasteiger partial charge in [-0.15, -0.1) is 0 Å². The van der Waals surface area contributed by atoms with Crippen LogP contribution in [0.3, 0.4) is 0 Å². The van der Waals surface area contributed by atoms with Crippen LogP contribution in [0.1, 0.15) is 15.9 Å². The standard InChI is InChI=1S/C16H12Cl2FNO/c1-10-8-12(3-5-15(10)19)20-7-6-16(21)13-4-2-11(17)9-14(13)18/h2-9,20H,1H3/b7-6+. The average Bonchev–Trinajstić information content (AvgIpc) is 2.42. The Morgan fingerprint density at radius 2 is 1.95 bits per heavy atom. The minimum atomic E-state index is -0.270. The number of hydrogen-bond acceptors (Lipinski definition) is 2. The topological polar surface area (TPSA) is 29.1 Å². The second-order valence-electron chi connectivity index (χ2n) is 4.43. The zero-order valence-corrected chi connectivity index (χ0v) is 12.7. The summed E-state index contributed by atoms with van der Waals surface area (Å²) < 4.78 is 13.1. The lowest BCUT2D eigenvalue weighted by Crippen LogP contribution is -1.97. The lowest BCUT2D eigenvalue weighted by molar-refractivity contribution is 0.104. The quantitative estimate of drug-likeness (QED) is 0.615. The van der Waals surface area contributed by atoms with Gasteiger partial charge in [-0.1, -0.05) is 23.2 Å². The molecule has 0 heterocycles. The van der Waals surface area contributed by atoms with Crippen LogP contribution in [0, 0.1) is 12.7 Å². The maximum atomic E-state index is 13.1. The molecule has 0 aliphatic heterocycles. The van der Waals surface area contributed by atoms with Crippen molar-refractivity contribution in [2.45, 2.75) is 6.92 Å². The van der Waals surface area contributed by atoms with Gasteiger partial charge in [0.2, 0.25) is 0 Å². The Labute approximate surface area is 132 Å². The van der Waals surface area contributed by atoms with Crippen molar-refractivity contribution < 1.29 is 9.18 Å². The van der Waals surface area contributed by atoms with E-state index in [1.165, 1.54) is 24.4 Å². The third-order valence-electron chi connectivity index (χ3n) is 2.84. The highest BCUT2D eigenvalue weighted by Gasteiger charge is 2.07. The summed E-state index contributed by atoms with van der Waals surface area (Å²) in [5, 5.41) is 3.68. The number of hydrogen-bond donors (Lipinski definition) is 1. The summed E-state index contributed by atoms with van der Waals surface area (Å²) in [6.07, 6.45) is 2.84. The zero-order valence-electron chi connectivity index (χ0n) is 11.2. The van der Waals surface area contributed by atoms with Crippen molar-refractivity contribution in [2.75, 3.05) is 5.32 Å². The zero-order chi connectivity index (χ0) is 15.4. The maximum absolute atomic E-state index is 13.1. The van der Waals surface area contributed by atoms with Gasteiger partial charge in [0.25, 0.3) is 0 Å². The molecule has 0 spiro atoms. The smallest absolute Gasteiger partial charge is 0.188 e. The molecule has 2 aromatic rings. The van der Waals surface area contributed by atoms with Gasteiger partial charge in [0.05, 0.1) is 5.02 Å². The first-order valence-electron chi connectivity index (χ1n) is 6.16. The number of rotatable bonds is 4. The van der Waals surface area contributed by atoms with Crippen LogP contribution < -0.4 is 5.32 Å². The number of ketones is 1. The molecule has 0 atom stereocenters. The largest absolute Gasteiger partial charge is 0.362 e. The number of carbonyl (C=O) groups is 1. The van der Waals surface area contributed by atoms with Crippen molar-refractivity contribution in [3.8, 4) is 0 Å². The highest BCUT2D eigenvalue weighted by atomic mass is 35.5. The summed E-state index contributed by atoms with van der Waals surface area (Å²) in [6, 6.07) is 9.29. The highest BCUT2D eigenvalue weighted by Crippen LogP contribution is 2.21. The van der Waals surface area contributed by atoms with Crippen molar-refractivity contribution in [1.82, 2.24) is 0 Å². The average molecular weight is 324 g/mol. The molecule has 0 aromatic heterocycles. The van der Waals surface area contributed by atoms with Crippen molar-refractivity contribution >= 4 is 34.7 Å². The molecule has 2 aromatic carbocycles. The minimum absolute atomic E-state index is 0.247. The molecule has 0 aliphatic rings. The number of nitrogens with one attached hydrogen (secondary N) is 1. The molecule has 21 heavy (non-hydrogen) atoms.